The Hall–Kier alpha value is -3.11. The number of aromatic nitrogens is 4. The summed E-state index contributed by atoms with van der Waals surface area (Å²) in [6.07, 6.45) is 3.78. The summed E-state index contributed by atoms with van der Waals surface area (Å²) in [5, 5.41) is 3.40. The van der Waals surface area contributed by atoms with E-state index < -0.39 is 17.2 Å². The summed E-state index contributed by atoms with van der Waals surface area (Å²) in [6.45, 7) is 0. The summed E-state index contributed by atoms with van der Waals surface area (Å²) < 4.78 is 3.27. The number of hydrogen-bond donors (Lipinski definition) is 1. The van der Waals surface area contributed by atoms with Crippen LogP contribution in [0.4, 0.5) is 5.13 Å². The first-order valence-electron chi connectivity index (χ1n) is 8.90. The number of fused-ring (bicyclic) bond motifs is 1. The monoisotopic (exact) mass is 485 g/mol. The van der Waals surface area contributed by atoms with Crippen molar-refractivity contribution >= 4 is 49.3 Å². The number of amides is 1. The van der Waals surface area contributed by atoms with Crippen LogP contribution in [0.3, 0.4) is 0 Å². The molecule has 0 radical (unpaired) electrons. The fourth-order valence-corrected chi connectivity index (χ4v) is 4.12. The van der Waals surface area contributed by atoms with Gasteiger partial charge in [-0.15, -0.1) is 11.3 Å². The Balaban J connectivity index is 1.56. The number of nitrogens with zero attached hydrogens (tertiary/aromatic N) is 4. The van der Waals surface area contributed by atoms with E-state index in [-0.39, 0.29) is 16.6 Å². The van der Waals surface area contributed by atoms with Crippen LogP contribution in [0.1, 0.15) is 20.8 Å². The van der Waals surface area contributed by atoms with Crippen molar-refractivity contribution in [3.63, 3.8) is 0 Å². The van der Waals surface area contributed by atoms with Gasteiger partial charge in [0.1, 0.15) is 5.65 Å². The van der Waals surface area contributed by atoms with E-state index in [0.29, 0.717) is 11.6 Å². The molecular formula is C20H16BrN5O3S. The molecule has 0 aliphatic heterocycles. The van der Waals surface area contributed by atoms with Crippen molar-refractivity contribution in [1.82, 2.24) is 19.1 Å². The van der Waals surface area contributed by atoms with Gasteiger partial charge in [-0.25, -0.2) is 14.8 Å². The van der Waals surface area contributed by atoms with Crippen molar-refractivity contribution in [3.05, 3.63) is 84.0 Å². The van der Waals surface area contributed by atoms with Gasteiger partial charge in [0.05, 0.1) is 10.9 Å². The number of hydrogen-bond acceptors (Lipinski definition) is 6. The molecule has 0 bridgehead atoms. The van der Waals surface area contributed by atoms with E-state index in [9.17, 15) is 14.4 Å². The smallest absolute Gasteiger partial charge is 0.298 e. The van der Waals surface area contributed by atoms with Crippen LogP contribution in [0, 0.1) is 0 Å². The van der Waals surface area contributed by atoms with Crippen LogP contribution in [0.15, 0.2) is 56.8 Å². The number of anilines is 1. The zero-order chi connectivity index (χ0) is 21.4. The summed E-state index contributed by atoms with van der Waals surface area (Å²) in [5.41, 5.74) is 0.605. The summed E-state index contributed by atoms with van der Waals surface area (Å²) in [6, 6.07) is 9.45. The molecule has 4 rings (SSSR count). The first-order chi connectivity index (χ1) is 14.3. The molecule has 4 aromatic rings. The maximum Gasteiger partial charge on any atom is 0.332 e. The molecule has 0 fully saturated rings. The summed E-state index contributed by atoms with van der Waals surface area (Å²) >= 11 is 4.80. The molecule has 0 saturated carbocycles. The lowest BCUT2D eigenvalue weighted by Gasteiger charge is -2.07. The zero-order valence-corrected chi connectivity index (χ0v) is 18.5. The third-order valence-corrected chi connectivity index (χ3v) is 6.06. The molecule has 0 unspecified atom stereocenters. The van der Waals surface area contributed by atoms with E-state index >= 15 is 0 Å². The van der Waals surface area contributed by atoms with Gasteiger partial charge in [0.15, 0.2) is 5.13 Å². The van der Waals surface area contributed by atoms with E-state index in [2.05, 4.69) is 31.2 Å². The number of aryl methyl sites for hydroxylation is 1. The molecule has 1 amide bonds. The number of carbonyl (C=O) groups is 1. The van der Waals surface area contributed by atoms with E-state index in [4.69, 9.17) is 0 Å². The van der Waals surface area contributed by atoms with Crippen LogP contribution in [-0.2, 0) is 20.5 Å². The second-order valence-corrected chi connectivity index (χ2v) is 8.72. The van der Waals surface area contributed by atoms with Gasteiger partial charge in [-0.2, -0.15) is 0 Å². The minimum atomic E-state index is -0.499. The molecule has 152 valence electrons. The number of halogens is 1. The van der Waals surface area contributed by atoms with Gasteiger partial charge >= 0.3 is 5.69 Å². The Bertz CT molecular complexity index is 1390. The van der Waals surface area contributed by atoms with E-state index in [1.165, 1.54) is 42.3 Å². The Labute approximate surface area is 183 Å². The minimum absolute atomic E-state index is 0.197. The molecule has 3 heterocycles. The van der Waals surface area contributed by atoms with E-state index in [0.717, 1.165) is 19.5 Å². The van der Waals surface area contributed by atoms with Gasteiger partial charge in [0, 0.05) is 42.3 Å². The van der Waals surface area contributed by atoms with Crippen molar-refractivity contribution in [1.29, 1.82) is 0 Å². The molecule has 1 aromatic carbocycles. The van der Waals surface area contributed by atoms with Crippen LogP contribution >= 0.6 is 27.3 Å². The van der Waals surface area contributed by atoms with Gasteiger partial charge < -0.3 is 0 Å². The van der Waals surface area contributed by atoms with Crippen LogP contribution in [0.2, 0.25) is 0 Å². The van der Waals surface area contributed by atoms with E-state index in [1.54, 1.807) is 6.20 Å². The molecule has 0 spiro atoms. The summed E-state index contributed by atoms with van der Waals surface area (Å²) in [4.78, 5) is 46.5. The second kappa shape index (κ2) is 7.96. The standard InChI is InChI=1S/C20H16BrN5O3S/c1-25-16-15(18(28)26(2)20(25)29)8-12(9-22-16)17(27)24-19-23-10-14(30-19)7-11-3-5-13(21)6-4-11/h3-6,8-10H,7H2,1-2H3,(H,23,24,27). The number of thiazole rings is 1. The van der Waals surface area contributed by atoms with Crippen molar-refractivity contribution in [2.75, 3.05) is 5.32 Å². The average Bonchev–Trinajstić information content (AvgIpc) is 3.18. The Morgan fingerprint density at radius 2 is 1.83 bits per heavy atom. The lowest BCUT2D eigenvalue weighted by molar-refractivity contribution is 0.102. The van der Waals surface area contributed by atoms with Crippen molar-refractivity contribution in [2.24, 2.45) is 14.1 Å². The lowest BCUT2D eigenvalue weighted by atomic mass is 10.1. The first-order valence-corrected chi connectivity index (χ1v) is 10.5. The van der Waals surface area contributed by atoms with Crippen LogP contribution in [0.25, 0.3) is 11.0 Å². The van der Waals surface area contributed by atoms with Gasteiger partial charge in [-0.1, -0.05) is 28.1 Å². The number of pyridine rings is 1. The third kappa shape index (κ3) is 3.83. The highest BCUT2D eigenvalue weighted by atomic mass is 79.9. The van der Waals surface area contributed by atoms with E-state index in [1.807, 2.05) is 24.3 Å². The molecular weight excluding hydrogens is 470 g/mol. The minimum Gasteiger partial charge on any atom is -0.298 e. The molecule has 3 aromatic heterocycles. The lowest BCUT2D eigenvalue weighted by Crippen LogP contribution is -2.37. The number of nitrogens with one attached hydrogen (secondary N) is 1. The maximum atomic E-state index is 12.6. The van der Waals surface area contributed by atoms with Crippen LogP contribution < -0.4 is 16.6 Å². The Kier molecular flexibility index (Phi) is 5.35. The number of benzene rings is 1. The fraction of sp³-hybridized carbons (Fsp3) is 0.150. The third-order valence-electron chi connectivity index (χ3n) is 4.62. The van der Waals surface area contributed by atoms with Crippen LogP contribution in [-0.4, -0.2) is 25.0 Å². The van der Waals surface area contributed by atoms with Gasteiger partial charge in [0.2, 0.25) is 0 Å². The average molecular weight is 486 g/mol. The van der Waals surface area contributed by atoms with Crippen LogP contribution in [0.5, 0.6) is 0 Å². The van der Waals surface area contributed by atoms with Gasteiger partial charge in [-0.3, -0.25) is 24.0 Å². The largest absolute Gasteiger partial charge is 0.332 e. The molecule has 10 heteroatoms. The highest BCUT2D eigenvalue weighted by Crippen LogP contribution is 2.22. The summed E-state index contributed by atoms with van der Waals surface area (Å²) in [5.74, 6) is -0.426. The fourth-order valence-electron chi connectivity index (χ4n) is 3.01. The van der Waals surface area contributed by atoms with Crippen molar-refractivity contribution in [2.45, 2.75) is 6.42 Å². The highest BCUT2D eigenvalue weighted by Gasteiger charge is 2.15. The molecule has 8 nitrogen and oxygen atoms in total. The molecule has 0 aliphatic rings. The highest BCUT2D eigenvalue weighted by molar-refractivity contribution is 9.10. The normalized spacial score (nSPS) is 11.0. The van der Waals surface area contributed by atoms with Crippen molar-refractivity contribution in [3.8, 4) is 0 Å². The summed E-state index contributed by atoms with van der Waals surface area (Å²) in [7, 11) is 2.92. The Morgan fingerprint density at radius 3 is 2.57 bits per heavy atom. The second-order valence-electron chi connectivity index (χ2n) is 6.69. The zero-order valence-electron chi connectivity index (χ0n) is 16.0. The molecule has 0 saturated heterocycles. The Morgan fingerprint density at radius 1 is 1.10 bits per heavy atom. The maximum absolute atomic E-state index is 12.6. The quantitative estimate of drug-likeness (QED) is 0.479. The molecule has 30 heavy (non-hydrogen) atoms. The first kappa shape index (κ1) is 20.2. The topological polar surface area (TPSA) is 98.9 Å². The van der Waals surface area contributed by atoms with Gasteiger partial charge in [0.25, 0.3) is 11.5 Å². The van der Waals surface area contributed by atoms with Crippen molar-refractivity contribution < 1.29 is 4.79 Å². The molecule has 1 N–H and O–H groups in total. The molecule has 0 aliphatic carbocycles. The number of carbonyl (C=O) groups excluding carboxylic acids is 1. The number of rotatable bonds is 4. The predicted octanol–water partition coefficient (Wildman–Crippen LogP) is 2.69. The molecule has 0 atom stereocenters. The SMILES string of the molecule is Cn1c(=O)c2cc(C(=O)Nc3ncc(Cc4ccc(Br)cc4)s3)cnc2n(C)c1=O. The van der Waals surface area contributed by atoms with Gasteiger partial charge in [-0.05, 0) is 23.8 Å². The predicted molar refractivity (Wildman–Crippen MR) is 119 cm³/mol.